The van der Waals surface area contributed by atoms with Crippen molar-refractivity contribution in [2.24, 2.45) is 5.41 Å². The molecule has 0 fully saturated rings. The summed E-state index contributed by atoms with van der Waals surface area (Å²) in [5.74, 6) is -0.188. The lowest BCUT2D eigenvalue weighted by Crippen LogP contribution is -2.34. The summed E-state index contributed by atoms with van der Waals surface area (Å²) in [4.78, 5) is 18.5. The molecule has 146 valence electrons. The third-order valence-electron chi connectivity index (χ3n) is 5.13. The van der Waals surface area contributed by atoms with Gasteiger partial charge in [0.05, 0.1) is 6.54 Å². The molecule has 1 unspecified atom stereocenters. The molecule has 0 saturated carbocycles. The van der Waals surface area contributed by atoms with Gasteiger partial charge in [0, 0.05) is 5.57 Å². The Morgan fingerprint density at radius 2 is 2.00 bits per heavy atom. The Bertz CT molecular complexity index is 728. The van der Waals surface area contributed by atoms with Crippen LogP contribution in [0.3, 0.4) is 0 Å². The number of hydrogen-bond acceptors (Lipinski definition) is 2. The molecule has 1 amide bonds. The molecule has 1 aliphatic carbocycles. The van der Waals surface area contributed by atoms with Gasteiger partial charge < -0.3 is 0 Å². The predicted molar refractivity (Wildman–Crippen MR) is 112 cm³/mol. The van der Waals surface area contributed by atoms with Gasteiger partial charge >= 0.3 is 0 Å². The highest BCUT2D eigenvalue weighted by atomic mass is 16.7. The highest BCUT2D eigenvalue weighted by Crippen LogP contribution is 2.40. The van der Waals surface area contributed by atoms with Crippen LogP contribution >= 0.6 is 0 Å². The third kappa shape index (κ3) is 5.93. The zero-order valence-corrected chi connectivity index (χ0v) is 17.4. The van der Waals surface area contributed by atoms with Crippen molar-refractivity contribution in [2.75, 3.05) is 0 Å². The number of hydrogen-bond donors (Lipinski definition) is 0. The fraction of sp³-hybridized carbons (Fsp3) is 0.458. The first-order valence-corrected chi connectivity index (χ1v) is 9.77. The van der Waals surface area contributed by atoms with Gasteiger partial charge in [-0.15, -0.1) is 0 Å². The van der Waals surface area contributed by atoms with Crippen LogP contribution in [0.25, 0.3) is 0 Å². The summed E-state index contributed by atoms with van der Waals surface area (Å²) in [6.45, 7) is 14.7. The predicted octanol–water partition coefficient (Wildman–Crippen LogP) is 5.99. The molecule has 3 heteroatoms. The summed E-state index contributed by atoms with van der Waals surface area (Å²) in [5, 5.41) is 1.42. The van der Waals surface area contributed by atoms with Crippen LogP contribution in [-0.4, -0.2) is 17.1 Å². The molecule has 0 aromatic heterocycles. The average molecular weight is 368 g/mol. The van der Waals surface area contributed by atoms with Gasteiger partial charge in [-0.2, -0.15) is 0 Å². The first-order chi connectivity index (χ1) is 12.7. The molecule has 0 aliphatic heterocycles. The molecule has 27 heavy (non-hydrogen) atoms. The van der Waals surface area contributed by atoms with Crippen LogP contribution in [-0.2, 0) is 16.2 Å². The maximum Gasteiger partial charge on any atom is 0.272 e. The van der Waals surface area contributed by atoms with E-state index in [-0.39, 0.29) is 17.4 Å². The van der Waals surface area contributed by atoms with E-state index in [0.29, 0.717) is 12.1 Å². The van der Waals surface area contributed by atoms with E-state index < -0.39 is 0 Å². The van der Waals surface area contributed by atoms with E-state index in [9.17, 15) is 4.79 Å². The van der Waals surface area contributed by atoms with Crippen molar-refractivity contribution in [3.05, 3.63) is 71.3 Å². The molecule has 0 N–H and O–H groups in total. The molecule has 0 heterocycles. The van der Waals surface area contributed by atoms with E-state index in [4.69, 9.17) is 4.84 Å². The smallest absolute Gasteiger partial charge is 0.267 e. The van der Waals surface area contributed by atoms with Crippen LogP contribution < -0.4 is 0 Å². The van der Waals surface area contributed by atoms with Crippen LogP contribution in [0.2, 0.25) is 0 Å². The largest absolute Gasteiger partial charge is 0.272 e. The average Bonchev–Trinajstić information content (AvgIpc) is 2.60. The zero-order valence-electron chi connectivity index (χ0n) is 17.4. The van der Waals surface area contributed by atoms with Gasteiger partial charge in [-0.25, -0.2) is 5.06 Å². The number of allylic oxidation sites excluding steroid dienone is 3. The minimum atomic E-state index is -0.213. The van der Waals surface area contributed by atoms with Crippen LogP contribution in [0, 0.1) is 5.41 Å². The summed E-state index contributed by atoms with van der Waals surface area (Å²) >= 11 is 0. The topological polar surface area (TPSA) is 29.5 Å². The second-order valence-electron chi connectivity index (χ2n) is 8.21. The molecule has 2 rings (SSSR count). The molecule has 1 atom stereocenters. The molecule has 0 radical (unpaired) electrons. The summed E-state index contributed by atoms with van der Waals surface area (Å²) in [7, 11) is 0. The second-order valence-corrected chi connectivity index (χ2v) is 8.21. The molecule has 1 aliphatic rings. The van der Waals surface area contributed by atoms with E-state index in [1.807, 2.05) is 37.3 Å². The van der Waals surface area contributed by atoms with E-state index in [0.717, 1.165) is 12.0 Å². The standard InChI is InChI=1S/C24H33NO2/c1-18(2)23(26)25(17-21-12-8-7-9-13-21)27-20(4)14-15-22-19(3)11-10-16-24(22,5)6/h7-9,12-15,20H,1,10-11,16-17H2,2-6H3/b15-14+. The number of amides is 1. The molecule has 1 aromatic carbocycles. The van der Waals surface area contributed by atoms with E-state index in [2.05, 4.69) is 39.5 Å². The Labute approximate surface area is 164 Å². The Hall–Kier alpha value is -2.13. The minimum Gasteiger partial charge on any atom is -0.267 e. The summed E-state index contributed by atoms with van der Waals surface area (Å²) in [6.07, 6.45) is 7.64. The maximum absolute atomic E-state index is 12.5. The lowest BCUT2D eigenvalue weighted by Gasteiger charge is -2.33. The van der Waals surface area contributed by atoms with Crippen molar-refractivity contribution < 1.29 is 9.63 Å². The van der Waals surface area contributed by atoms with Crippen molar-refractivity contribution in [3.63, 3.8) is 0 Å². The number of carbonyl (C=O) groups is 1. The normalized spacial score (nSPS) is 17.8. The number of benzene rings is 1. The Morgan fingerprint density at radius 3 is 2.59 bits per heavy atom. The van der Waals surface area contributed by atoms with Gasteiger partial charge in [0.1, 0.15) is 6.10 Å². The van der Waals surface area contributed by atoms with Gasteiger partial charge in [-0.05, 0) is 56.6 Å². The molecule has 1 aromatic rings. The van der Waals surface area contributed by atoms with E-state index in [1.54, 1.807) is 6.92 Å². The van der Waals surface area contributed by atoms with Crippen molar-refractivity contribution in [3.8, 4) is 0 Å². The lowest BCUT2D eigenvalue weighted by molar-refractivity contribution is -0.196. The van der Waals surface area contributed by atoms with Gasteiger partial charge in [0.25, 0.3) is 5.91 Å². The molecular weight excluding hydrogens is 334 g/mol. The van der Waals surface area contributed by atoms with Crippen LogP contribution in [0.5, 0.6) is 0 Å². The summed E-state index contributed by atoms with van der Waals surface area (Å²) in [6, 6.07) is 9.86. The number of hydroxylamine groups is 2. The summed E-state index contributed by atoms with van der Waals surface area (Å²) in [5.41, 5.74) is 4.53. The highest BCUT2D eigenvalue weighted by molar-refractivity contribution is 5.91. The Balaban J connectivity index is 2.12. The number of carbonyl (C=O) groups excluding carboxylic acids is 1. The summed E-state index contributed by atoms with van der Waals surface area (Å²) < 4.78 is 0. The molecular formula is C24H33NO2. The van der Waals surface area contributed by atoms with Crippen LogP contribution in [0.1, 0.15) is 59.4 Å². The third-order valence-corrected chi connectivity index (χ3v) is 5.13. The maximum atomic E-state index is 12.5. The first-order valence-electron chi connectivity index (χ1n) is 9.77. The molecule has 0 bridgehead atoms. The highest BCUT2D eigenvalue weighted by Gasteiger charge is 2.26. The minimum absolute atomic E-state index is 0.188. The van der Waals surface area contributed by atoms with Gasteiger partial charge in [0.2, 0.25) is 0 Å². The van der Waals surface area contributed by atoms with Crippen LogP contribution in [0.4, 0.5) is 0 Å². The fourth-order valence-corrected chi connectivity index (χ4v) is 3.60. The molecule has 0 saturated heterocycles. The van der Waals surface area contributed by atoms with Gasteiger partial charge in [0.15, 0.2) is 0 Å². The fourth-order valence-electron chi connectivity index (χ4n) is 3.60. The molecule has 3 nitrogen and oxygen atoms in total. The second kappa shape index (κ2) is 9.18. The molecule has 0 spiro atoms. The Kier molecular flexibility index (Phi) is 7.20. The van der Waals surface area contributed by atoms with Crippen LogP contribution in [0.15, 0.2) is 65.8 Å². The number of nitrogens with zero attached hydrogens (tertiary/aromatic N) is 1. The van der Waals surface area contributed by atoms with Crippen molar-refractivity contribution in [2.45, 2.75) is 66.5 Å². The van der Waals surface area contributed by atoms with Crippen molar-refractivity contribution >= 4 is 5.91 Å². The SMILES string of the molecule is C=C(C)C(=O)N(Cc1ccccc1)OC(C)/C=C/C1=C(C)CCCC1(C)C. The monoisotopic (exact) mass is 367 g/mol. The van der Waals surface area contributed by atoms with E-state index >= 15 is 0 Å². The lowest BCUT2D eigenvalue weighted by atomic mass is 9.72. The van der Waals surface area contributed by atoms with E-state index in [1.165, 1.54) is 29.1 Å². The number of rotatable bonds is 7. The van der Waals surface area contributed by atoms with Gasteiger partial charge in [-0.1, -0.05) is 68.5 Å². The quantitative estimate of drug-likeness (QED) is 0.437. The Morgan fingerprint density at radius 1 is 1.33 bits per heavy atom. The van der Waals surface area contributed by atoms with Gasteiger partial charge in [-0.3, -0.25) is 9.63 Å². The first kappa shape index (κ1) is 21.2. The van der Waals surface area contributed by atoms with Crippen molar-refractivity contribution in [1.29, 1.82) is 0 Å². The van der Waals surface area contributed by atoms with Crippen molar-refractivity contribution in [1.82, 2.24) is 5.06 Å². The zero-order chi connectivity index (χ0) is 20.0.